The molecule has 250 valence electrons. The van der Waals surface area contributed by atoms with E-state index in [-0.39, 0.29) is 23.4 Å². The van der Waals surface area contributed by atoms with Crippen LogP contribution in [0.1, 0.15) is 24.9 Å². The number of aromatic nitrogens is 2. The number of benzene rings is 3. The Morgan fingerprint density at radius 1 is 1.02 bits per heavy atom. The Morgan fingerprint density at radius 2 is 1.83 bits per heavy atom. The van der Waals surface area contributed by atoms with Crippen molar-refractivity contribution in [3.8, 4) is 17.2 Å². The third-order valence-electron chi connectivity index (χ3n) is 8.28. The minimum absolute atomic E-state index is 0.231. The molecule has 48 heavy (non-hydrogen) atoms. The van der Waals surface area contributed by atoms with E-state index >= 15 is 0 Å². The van der Waals surface area contributed by atoms with E-state index in [0.717, 1.165) is 38.4 Å². The first-order valence-corrected chi connectivity index (χ1v) is 15.7. The van der Waals surface area contributed by atoms with Crippen LogP contribution in [-0.4, -0.2) is 67.2 Å². The summed E-state index contributed by atoms with van der Waals surface area (Å²) in [4.78, 5) is 31.8. The highest BCUT2D eigenvalue weighted by atomic mass is 19.1. The normalized spacial score (nSPS) is 16.5. The zero-order valence-corrected chi connectivity index (χ0v) is 26.8. The zero-order chi connectivity index (χ0) is 33.6. The molecule has 0 saturated carbocycles. The number of nitrogens with zero attached hydrogens (tertiary/aromatic N) is 5. The maximum atomic E-state index is 14.8. The van der Waals surface area contributed by atoms with Crippen LogP contribution in [-0.2, 0) is 9.63 Å². The molecule has 2 saturated heterocycles. The molecular weight excluding hydrogens is 620 g/mol. The molecule has 4 aromatic rings. The van der Waals surface area contributed by atoms with Crippen LogP contribution in [0.3, 0.4) is 0 Å². The molecule has 13 heteroatoms. The van der Waals surface area contributed by atoms with Crippen molar-refractivity contribution < 1.29 is 27.9 Å². The van der Waals surface area contributed by atoms with Crippen LogP contribution in [0.5, 0.6) is 17.2 Å². The van der Waals surface area contributed by atoms with Crippen molar-refractivity contribution >= 4 is 34.6 Å². The number of methoxy groups -OCH3 is 1. The van der Waals surface area contributed by atoms with Crippen LogP contribution in [0.15, 0.2) is 79.6 Å². The van der Waals surface area contributed by atoms with Crippen LogP contribution in [0.2, 0.25) is 0 Å². The van der Waals surface area contributed by atoms with Gasteiger partial charge in [-0.2, -0.15) is 0 Å². The van der Waals surface area contributed by atoms with Crippen molar-refractivity contribution in [2.45, 2.75) is 19.4 Å². The molecule has 2 aliphatic heterocycles. The molecule has 3 heterocycles. The van der Waals surface area contributed by atoms with Crippen molar-refractivity contribution in [2.75, 3.05) is 67.0 Å². The van der Waals surface area contributed by atoms with E-state index in [1.807, 2.05) is 12.1 Å². The summed E-state index contributed by atoms with van der Waals surface area (Å²) in [5.74, 6) is 0.636. The van der Waals surface area contributed by atoms with Crippen LogP contribution in [0, 0.1) is 11.6 Å². The molecule has 1 amide bonds. The third kappa shape index (κ3) is 7.48. The standard InChI is InChI=1S/C35H37F2N7O4/c1-4-35(45)41-28-19-29(32(46-3)20-31(28)43-12-10-42(5-2)11-13-43)40-33-21-34(39-22-38-33)44-30(9-14-47-44)23-15-25(37)18-27(16-23)48-26-8-6-7-24(36)17-26/h4,6-8,15-22,30H,1,5,9-14H2,2-3H3,(H,41,45)(H,38,39,40)/t30-/m1/s1. The Bertz CT molecular complexity index is 1780. The van der Waals surface area contributed by atoms with E-state index < -0.39 is 11.6 Å². The Balaban J connectivity index is 1.25. The number of hydroxylamine groups is 1. The maximum absolute atomic E-state index is 14.8. The Hall–Kier alpha value is -5.27. The molecule has 2 aliphatic rings. The van der Waals surface area contributed by atoms with Gasteiger partial charge in [-0.1, -0.05) is 19.6 Å². The number of halogens is 2. The summed E-state index contributed by atoms with van der Waals surface area (Å²) in [7, 11) is 1.58. The second-order valence-electron chi connectivity index (χ2n) is 11.3. The summed E-state index contributed by atoms with van der Waals surface area (Å²) in [6, 6.07) is 15.1. The molecule has 11 nitrogen and oxygen atoms in total. The lowest BCUT2D eigenvalue weighted by Gasteiger charge is -2.36. The van der Waals surface area contributed by atoms with Gasteiger partial charge in [-0.25, -0.2) is 23.8 Å². The van der Waals surface area contributed by atoms with E-state index in [9.17, 15) is 13.6 Å². The number of hydrogen-bond donors (Lipinski definition) is 2. The highest BCUT2D eigenvalue weighted by Crippen LogP contribution is 2.40. The lowest BCUT2D eigenvalue weighted by Crippen LogP contribution is -2.46. The van der Waals surface area contributed by atoms with E-state index in [1.165, 1.54) is 42.7 Å². The summed E-state index contributed by atoms with van der Waals surface area (Å²) in [5, 5.41) is 7.85. The lowest BCUT2D eigenvalue weighted by atomic mass is 10.0. The Morgan fingerprint density at radius 3 is 2.58 bits per heavy atom. The van der Waals surface area contributed by atoms with E-state index in [1.54, 1.807) is 30.4 Å². The SMILES string of the molecule is C=CC(=O)Nc1cc(Nc2cc(N3OCC[C@@H]3c3cc(F)cc(Oc4cccc(F)c4)c3)ncn2)c(OC)cc1N1CCN(CC)CC1. The monoisotopic (exact) mass is 657 g/mol. The average molecular weight is 658 g/mol. The van der Waals surface area contributed by atoms with Crippen LogP contribution >= 0.6 is 0 Å². The fourth-order valence-corrected chi connectivity index (χ4v) is 5.86. The van der Waals surface area contributed by atoms with Crippen LogP contribution in [0.25, 0.3) is 0 Å². The van der Waals surface area contributed by atoms with Crippen molar-refractivity contribution in [3.63, 3.8) is 0 Å². The van der Waals surface area contributed by atoms with Gasteiger partial charge < -0.3 is 29.9 Å². The molecule has 0 aliphatic carbocycles. The summed E-state index contributed by atoms with van der Waals surface area (Å²) in [6.07, 6.45) is 3.19. The summed E-state index contributed by atoms with van der Waals surface area (Å²) in [6.45, 7) is 10.5. The number of anilines is 5. The van der Waals surface area contributed by atoms with Crippen molar-refractivity contribution in [2.24, 2.45) is 0 Å². The quantitative estimate of drug-likeness (QED) is 0.175. The molecule has 0 unspecified atom stereocenters. The van der Waals surface area contributed by atoms with Gasteiger partial charge in [0.2, 0.25) is 5.91 Å². The Kier molecular flexibility index (Phi) is 9.97. The van der Waals surface area contributed by atoms with Gasteiger partial charge in [0.15, 0.2) is 5.82 Å². The van der Waals surface area contributed by atoms with Crippen molar-refractivity contribution in [3.05, 3.63) is 96.8 Å². The summed E-state index contributed by atoms with van der Waals surface area (Å²) >= 11 is 0. The first kappa shape index (κ1) is 32.7. The molecule has 2 N–H and O–H groups in total. The number of amides is 1. The van der Waals surface area contributed by atoms with Crippen molar-refractivity contribution in [1.82, 2.24) is 14.9 Å². The van der Waals surface area contributed by atoms with Crippen LogP contribution in [0.4, 0.5) is 37.5 Å². The van der Waals surface area contributed by atoms with Crippen LogP contribution < -0.4 is 30.1 Å². The van der Waals surface area contributed by atoms with Gasteiger partial charge in [0.05, 0.1) is 36.8 Å². The number of hydrogen-bond acceptors (Lipinski definition) is 10. The molecule has 1 atom stereocenters. The molecule has 0 bridgehead atoms. The van der Waals surface area contributed by atoms with Crippen molar-refractivity contribution in [1.29, 1.82) is 0 Å². The number of likely N-dealkylation sites (N-methyl/N-ethyl adjacent to an activating group) is 1. The maximum Gasteiger partial charge on any atom is 0.247 e. The zero-order valence-electron chi connectivity index (χ0n) is 26.8. The van der Waals surface area contributed by atoms with Gasteiger partial charge in [-0.3, -0.25) is 9.63 Å². The van der Waals surface area contributed by atoms with Gasteiger partial charge in [-0.15, -0.1) is 0 Å². The minimum Gasteiger partial charge on any atom is -0.494 e. The largest absolute Gasteiger partial charge is 0.494 e. The highest BCUT2D eigenvalue weighted by molar-refractivity contribution is 6.02. The Labute approximate surface area is 277 Å². The topological polar surface area (TPSA) is 104 Å². The van der Waals surface area contributed by atoms with Gasteiger partial charge in [0.25, 0.3) is 0 Å². The van der Waals surface area contributed by atoms with Gasteiger partial charge in [-0.05, 0) is 48.5 Å². The molecule has 1 aromatic heterocycles. The summed E-state index contributed by atoms with van der Waals surface area (Å²) < 4.78 is 40.0. The molecule has 0 spiro atoms. The second-order valence-corrected chi connectivity index (χ2v) is 11.3. The number of piperazine rings is 1. The second kappa shape index (κ2) is 14.7. The number of rotatable bonds is 11. The number of ether oxygens (including phenoxy) is 2. The molecule has 0 radical (unpaired) electrons. The van der Waals surface area contributed by atoms with E-state index in [4.69, 9.17) is 14.3 Å². The first-order chi connectivity index (χ1) is 23.3. The predicted octanol–water partition coefficient (Wildman–Crippen LogP) is 6.45. The molecule has 6 rings (SSSR count). The highest BCUT2D eigenvalue weighted by Gasteiger charge is 2.30. The first-order valence-electron chi connectivity index (χ1n) is 15.7. The van der Waals surface area contributed by atoms with E-state index in [0.29, 0.717) is 47.4 Å². The smallest absolute Gasteiger partial charge is 0.247 e. The average Bonchev–Trinajstić information content (AvgIpc) is 3.59. The number of carbonyl (C=O) groups is 1. The molecular formula is C35H37F2N7O4. The number of carbonyl (C=O) groups excluding carboxylic acids is 1. The predicted molar refractivity (Wildman–Crippen MR) is 180 cm³/mol. The number of nitrogens with one attached hydrogen (secondary N) is 2. The minimum atomic E-state index is -0.502. The summed E-state index contributed by atoms with van der Waals surface area (Å²) in [5.41, 5.74) is 2.62. The third-order valence-corrected chi connectivity index (χ3v) is 8.28. The van der Waals surface area contributed by atoms with Gasteiger partial charge >= 0.3 is 0 Å². The lowest BCUT2D eigenvalue weighted by molar-refractivity contribution is -0.111. The van der Waals surface area contributed by atoms with E-state index in [2.05, 4.69) is 43.9 Å². The fraction of sp³-hybridized carbons (Fsp3) is 0.286. The molecule has 3 aromatic carbocycles. The van der Waals surface area contributed by atoms with Gasteiger partial charge in [0.1, 0.15) is 41.0 Å². The molecule has 2 fully saturated rings. The van der Waals surface area contributed by atoms with Gasteiger partial charge in [0, 0.05) is 56.9 Å². The fourth-order valence-electron chi connectivity index (χ4n) is 5.86.